The van der Waals surface area contributed by atoms with Gasteiger partial charge in [-0.1, -0.05) is 25.5 Å². The fourth-order valence-electron chi connectivity index (χ4n) is 2.35. The number of nitrogens with one attached hydrogen (secondary N) is 1. The second kappa shape index (κ2) is 4.23. The van der Waals surface area contributed by atoms with Crippen molar-refractivity contribution in [2.24, 2.45) is 0 Å². The first-order valence-corrected chi connectivity index (χ1v) is 5.71. The Morgan fingerprint density at radius 3 is 3.00 bits per heavy atom. The van der Waals surface area contributed by atoms with Gasteiger partial charge in [0.2, 0.25) is 0 Å². The number of rotatable bonds is 1. The van der Waals surface area contributed by atoms with E-state index in [1.54, 1.807) is 6.07 Å². The Bertz CT molecular complexity index is 327. The van der Waals surface area contributed by atoms with Crippen molar-refractivity contribution < 1.29 is 5.11 Å². The first kappa shape index (κ1) is 10.5. The van der Waals surface area contributed by atoms with Gasteiger partial charge < -0.3 is 10.4 Å². The molecular weight excluding hydrogens is 186 g/mol. The van der Waals surface area contributed by atoms with Gasteiger partial charge in [-0.2, -0.15) is 0 Å². The molecular formula is C13H19NO. The zero-order chi connectivity index (χ0) is 10.7. The summed E-state index contributed by atoms with van der Waals surface area (Å²) in [5.41, 5.74) is 1.42. The van der Waals surface area contributed by atoms with Crippen LogP contribution in [0.1, 0.15) is 31.7 Å². The molecule has 1 heterocycles. The molecule has 0 amide bonds. The van der Waals surface area contributed by atoms with Gasteiger partial charge in [-0.25, -0.2) is 0 Å². The summed E-state index contributed by atoms with van der Waals surface area (Å²) >= 11 is 0. The molecule has 0 aliphatic carbocycles. The second-order valence-corrected chi connectivity index (χ2v) is 4.74. The van der Waals surface area contributed by atoms with Crippen LogP contribution >= 0.6 is 0 Å². The molecule has 0 spiro atoms. The predicted molar refractivity (Wildman–Crippen MR) is 62.2 cm³/mol. The molecule has 2 rings (SSSR count). The van der Waals surface area contributed by atoms with Gasteiger partial charge in [0.25, 0.3) is 0 Å². The zero-order valence-corrected chi connectivity index (χ0v) is 9.29. The average Bonchev–Trinajstić information content (AvgIpc) is 2.44. The zero-order valence-electron chi connectivity index (χ0n) is 9.29. The summed E-state index contributed by atoms with van der Waals surface area (Å²) < 4.78 is 0. The summed E-state index contributed by atoms with van der Waals surface area (Å²) in [6, 6.07) is 7.68. The Hall–Kier alpha value is -1.02. The van der Waals surface area contributed by atoms with E-state index in [2.05, 4.69) is 18.3 Å². The van der Waals surface area contributed by atoms with Crippen LogP contribution in [0.2, 0.25) is 0 Å². The maximum absolute atomic E-state index is 9.51. The van der Waals surface area contributed by atoms with Crippen molar-refractivity contribution in [2.45, 2.75) is 31.6 Å². The van der Waals surface area contributed by atoms with E-state index >= 15 is 0 Å². The summed E-state index contributed by atoms with van der Waals surface area (Å²) in [6.45, 7) is 4.41. The Morgan fingerprint density at radius 1 is 1.33 bits per heavy atom. The third kappa shape index (κ3) is 2.32. The number of hydrogen-bond donors (Lipinski definition) is 2. The van der Waals surface area contributed by atoms with Crippen molar-refractivity contribution in [2.75, 3.05) is 13.1 Å². The average molecular weight is 205 g/mol. The van der Waals surface area contributed by atoms with Gasteiger partial charge in [-0.15, -0.1) is 0 Å². The van der Waals surface area contributed by atoms with Gasteiger partial charge in [0.15, 0.2) is 0 Å². The van der Waals surface area contributed by atoms with Crippen molar-refractivity contribution >= 4 is 0 Å². The minimum Gasteiger partial charge on any atom is -0.508 e. The summed E-state index contributed by atoms with van der Waals surface area (Å²) in [6.07, 6.45) is 3.72. The van der Waals surface area contributed by atoms with Gasteiger partial charge >= 0.3 is 0 Å². The molecule has 0 radical (unpaired) electrons. The Kier molecular flexibility index (Phi) is 2.96. The highest BCUT2D eigenvalue weighted by Gasteiger charge is 2.27. The van der Waals surface area contributed by atoms with Crippen LogP contribution in [0.15, 0.2) is 24.3 Å². The number of phenolic OH excluding ortho intramolecular Hbond substituents is 1. The molecule has 1 fully saturated rings. The highest BCUT2D eigenvalue weighted by Crippen LogP contribution is 2.32. The molecule has 0 unspecified atom stereocenters. The molecule has 1 aromatic carbocycles. The van der Waals surface area contributed by atoms with Crippen LogP contribution in [0, 0.1) is 0 Å². The second-order valence-electron chi connectivity index (χ2n) is 4.74. The molecule has 1 aromatic rings. The highest BCUT2D eigenvalue weighted by molar-refractivity contribution is 5.33. The van der Waals surface area contributed by atoms with Crippen molar-refractivity contribution in [1.82, 2.24) is 5.32 Å². The largest absolute Gasteiger partial charge is 0.508 e. The van der Waals surface area contributed by atoms with E-state index in [4.69, 9.17) is 0 Å². The summed E-state index contributed by atoms with van der Waals surface area (Å²) in [7, 11) is 0. The van der Waals surface area contributed by atoms with Crippen LogP contribution in [0.5, 0.6) is 5.75 Å². The lowest BCUT2D eigenvalue weighted by atomic mass is 9.79. The minimum atomic E-state index is 0.176. The Balaban J connectivity index is 2.26. The molecule has 2 heteroatoms. The third-order valence-corrected chi connectivity index (χ3v) is 3.39. The van der Waals surface area contributed by atoms with E-state index in [1.165, 1.54) is 24.8 Å². The van der Waals surface area contributed by atoms with E-state index < -0.39 is 0 Å². The van der Waals surface area contributed by atoms with Crippen LogP contribution in [0.25, 0.3) is 0 Å². The van der Waals surface area contributed by atoms with Gasteiger partial charge in [-0.3, -0.25) is 0 Å². The molecule has 82 valence electrons. The summed E-state index contributed by atoms with van der Waals surface area (Å²) in [4.78, 5) is 0. The quantitative estimate of drug-likeness (QED) is 0.738. The normalized spacial score (nSPS) is 27.3. The Morgan fingerprint density at radius 2 is 2.20 bits per heavy atom. The Labute approximate surface area is 91.3 Å². The molecule has 15 heavy (non-hydrogen) atoms. The lowest BCUT2D eigenvalue weighted by Crippen LogP contribution is -2.33. The molecule has 1 aliphatic heterocycles. The van der Waals surface area contributed by atoms with E-state index in [9.17, 15) is 5.11 Å². The first-order valence-electron chi connectivity index (χ1n) is 5.71. The molecule has 2 nitrogen and oxygen atoms in total. The predicted octanol–water partition coefficient (Wildman–Crippen LogP) is 2.42. The van der Waals surface area contributed by atoms with E-state index in [0.29, 0.717) is 5.75 Å². The molecule has 0 saturated carbocycles. The molecule has 1 atom stereocenters. The standard InChI is InChI=1S/C13H19NO/c1-13(7-2-3-8-14-10-13)11-5-4-6-12(15)9-11/h4-6,9,14-15H,2-3,7-8,10H2,1H3/t13-/m1/s1. The SMILES string of the molecule is C[C@@]1(c2cccc(O)c2)CCCCNC1. The van der Waals surface area contributed by atoms with Crippen LogP contribution in [-0.4, -0.2) is 18.2 Å². The molecule has 1 aliphatic rings. The molecule has 0 bridgehead atoms. The third-order valence-electron chi connectivity index (χ3n) is 3.39. The minimum absolute atomic E-state index is 0.176. The topological polar surface area (TPSA) is 32.3 Å². The fourth-order valence-corrected chi connectivity index (χ4v) is 2.35. The summed E-state index contributed by atoms with van der Waals surface area (Å²) in [5.74, 6) is 0.373. The van der Waals surface area contributed by atoms with Gasteiger partial charge in [0.05, 0.1) is 0 Å². The van der Waals surface area contributed by atoms with Crippen molar-refractivity contribution in [3.63, 3.8) is 0 Å². The molecule has 1 saturated heterocycles. The lowest BCUT2D eigenvalue weighted by molar-refractivity contribution is 0.423. The van der Waals surface area contributed by atoms with E-state index in [0.717, 1.165) is 13.1 Å². The summed E-state index contributed by atoms with van der Waals surface area (Å²) in [5, 5.41) is 13.0. The molecule has 2 N–H and O–H groups in total. The van der Waals surface area contributed by atoms with Crippen LogP contribution in [-0.2, 0) is 5.41 Å². The maximum atomic E-state index is 9.51. The van der Waals surface area contributed by atoms with Gasteiger partial charge in [0.1, 0.15) is 5.75 Å². The van der Waals surface area contributed by atoms with Gasteiger partial charge in [-0.05, 0) is 37.1 Å². The number of aromatic hydroxyl groups is 1. The van der Waals surface area contributed by atoms with Crippen molar-refractivity contribution in [3.8, 4) is 5.75 Å². The highest BCUT2D eigenvalue weighted by atomic mass is 16.3. The monoisotopic (exact) mass is 205 g/mol. The maximum Gasteiger partial charge on any atom is 0.115 e. The number of hydrogen-bond acceptors (Lipinski definition) is 2. The van der Waals surface area contributed by atoms with Gasteiger partial charge in [0, 0.05) is 12.0 Å². The number of benzene rings is 1. The molecule has 0 aromatic heterocycles. The fraction of sp³-hybridized carbons (Fsp3) is 0.538. The van der Waals surface area contributed by atoms with E-state index in [1.807, 2.05) is 12.1 Å². The van der Waals surface area contributed by atoms with E-state index in [-0.39, 0.29) is 5.41 Å². The lowest BCUT2D eigenvalue weighted by Gasteiger charge is -2.28. The van der Waals surface area contributed by atoms with Crippen molar-refractivity contribution in [3.05, 3.63) is 29.8 Å². The van der Waals surface area contributed by atoms with Crippen LogP contribution in [0.3, 0.4) is 0 Å². The van der Waals surface area contributed by atoms with Crippen molar-refractivity contribution in [1.29, 1.82) is 0 Å². The number of phenols is 1. The smallest absolute Gasteiger partial charge is 0.115 e. The van der Waals surface area contributed by atoms with Crippen LogP contribution < -0.4 is 5.32 Å². The first-order chi connectivity index (χ1) is 7.21. The van der Waals surface area contributed by atoms with Crippen LogP contribution in [0.4, 0.5) is 0 Å².